The highest BCUT2D eigenvalue weighted by molar-refractivity contribution is 9.11. The third-order valence-electron chi connectivity index (χ3n) is 3.70. The maximum absolute atomic E-state index is 12.7. The summed E-state index contributed by atoms with van der Waals surface area (Å²) in [6, 6.07) is 2.33. The van der Waals surface area contributed by atoms with E-state index in [9.17, 15) is 4.79 Å². The maximum Gasteiger partial charge on any atom is 0.264 e. The van der Waals surface area contributed by atoms with Gasteiger partial charge >= 0.3 is 0 Å². The number of nitrogens with zero attached hydrogens (tertiary/aromatic N) is 2. The Balaban J connectivity index is 2.20. The molecule has 1 aromatic heterocycles. The van der Waals surface area contributed by atoms with E-state index in [-0.39, 0.29) is 5.91 Å². The molecule has 1 aromatic rings. The monoisotopic (exact) mass is 344 g/mol. The molecule has 0 saturated carbocycles. The quantitative estimate of drug-likeness (QED) is 0.820. The average molecular weight is 345 g/mol. The lowest BCUT2D eigenvalue weighted by Gasteiger charge is -2.29. The summed E-state index contributed by atoms with van der Waals surface area (Å²) in [7, 11) is 2.14. The second kappa shape index (κ2) is 6.37. The van der Waals surface area contributed by atoms with E-state index in [0.29, 0.717) is 6.04 Å². The number of carbonyl (C=O) groups excluding carboxylic acids is 1. The summed E-state index contributed by atoms with van der Waals surface area (Å²) >= 11 is 5.05. The first kappa shape index (κ1) is 15.0. The lowest BCUT2D eigenvalue weighted by Crippen LogP contribution is -2.43. The second-order valence-corrected chi connectivity index (χ2v) is 7.61. The molecule has 1 amide bonds. The third-order valence-corrected chi connectivity index (χ3v) is 5.83. The first-order valence-corrected chi connectivity index (χ1v) is 8.39. The summed E-state index contributed by atoms with van der Waals surface area (Å²) in [5.74, 6) is 0.195. The Morgan fingerprint density at radius 2 is 2.26 bits per heavy atom. The zero-order chi connectivity index (χ0) is 14.0. The molecule has 106 valence electrons. The van der Waals surface area contributed by atoms with Crippen molar-refractivity contribution in [2.75, 3.05) is 26.7 Å². The Kier molecular flexibility index (Phi) is 5.03. The van der Waals surface area contributed by atoms with Crippen molar-refractivity contribution < 1.29 is 4.79 Å². The van der Waals surface area contributed by atoms with Crippen molar-refractivity contribution in [1.29, 1.82) is 0 Å². The fourth-order valence-electron chi connectivity index (χ4n) is 2.57. The number of amides is 1. The number of hydrogen-bond donors (Lipinski definition) is 0. The van der Waals surface area contributed by atoms with E-state index in [1.165, 1.54) is 0 Å². The molecule has 0 aliphatic carbocycles. The van der Waals surface area contributed by atoms with E-state index >= 15 is 0 Å². The Hall–Kier alpha value is -0.390. The van der Waals surface area contributed by atoms with Crippen LogP contribution in [0.5, 0.6) is 0 Å². The van der Waals surface area contributed by atoms with Crippen LogP contribution in [0.15, 0.2) is 9.85 Å². The first-order chi connectivity index (χ1) is 9.02. The lowest BCUT2D eigenvalue weighted by atomic mass is 10.1. The molecule has 2 rings (SSSR count). The van der Waals surface area contributed by atoms with Crippen LogP contribution in [0.2, 0.25) is 0 Å². The van der Waals surface area contributed by atoms with Crippen molar-refractivity contribution in [3.8, 4) is 0 Å². The number of carbonyl (C=O) groups is 1. The van der Waals surface area contributed by atoms with Gasteiger partial charge in [-0.05, 0) is 60.9 Å². The molecule has 3 nitrogen and oxygen atoms in total. The molecule has 0 radical (unpaired) electrons. The van der Waals surface area contributed by atoms with Gasteiger partial charge in [-0.25, -0.2) is 0 Å². The van der Waals surface area contributed by atoms with Gasteiger partial charge in [0.15, 0.2) is 0 Å². The molecule has 0 spiro atoms. The number of rotatable bonds is 2. The van der Waals surface area contributed by atoms with Gasteiger partial charge in [0.1, 0.15) is 0 Å². The van der Waals surface area contributed by atoms with Crippen LogP contribution in [-0.4, -0.2) is 48.4 Å². The van der Waals surface area contributed by atoms with Crippen molar-refractivity contribution in [3.05, 3.63) is 20.3 Å². The fourth-order valence-corrected chi connectivity index (χ4v) is 4.06. The van der Waals surface area contributed by atoms with Crippen LogP contribution in [0.25, 0.3) is 0 Å². The van der Waals surface area contributed by atoms with Crippen LogP contribution < -0.4 is 0 Å². The van der Waals surface area contributed by atoms with Crippen LogP contribution in [-0.2, 0) is 0 Å². The molecular weight excluding hydrogens is 324 g/mol. The average Bonchev–Trinajstić information content (AvgIpc) is 2.61. The summed E-state index contributed by atoms with van der Waals surface area (Å²) in [5, 5.41) is 0. The predicted octanol–water partition coefficient (Wildman–Crippen LogP) is 3.38. The molecule has 2 heterocycles. The summed E-state index contributed by atoms with van der Waals surface area (Å²) < 4.78 is 1.07. The highest BCUT2D eigenvalue weighted by atomic mass is 79.9. The molecule has 0 bridgehead atoms. The highest BCUT2D eigenvalue weighted by Crippen LogP contribution is 2.29. The zero-order valence-electron chi connectivity index (χ0n) is 11.8. The minimum absolute atomic E-state index is 0.195. The van der Waals surface area contributed by atoms with E-state index in [0.717, 1.165) is 46.7 Å². The number of hydrogen-bond acceptors (Lipinski definition) is 3. The van der Waals surface area contributed by atoms with Crippen molar-refractivity contribution in [3.63, 3.8) is 0 Å². The van der Waals surface area contributed by atoms with Crippen LogP contribution in [0.4, 0.5) is 0 Å². The van der Waals surface area contributed by atoms with Gasteiger partial charge in [0.05, 0.1) is 8.66 Å². The van der Waals surface area contributed by atoms with Crippen LogP contribution in [0.1, 0.15) is 35.0 Å². The summed E-state index contributed by atoms with van der Waals surface area (Å²) in [6.07, 6.45) is 2.08. The van der Waals surface area contributed by atoms with Gasteiger partial charge in [0.25, 0.3) is 5.91 Å². The van der Waals surface area contributed by atoms with Crippen molar-refractivity contribution >= 4 is 33.2 Å². The largest absolute Gasteiger partial charge is 0.334 e. The molecular formula is C14H21BrN2OS. The highest BCUT2D eigenvalue weighted by Gasteiger charge is 2.27. The van der Waals surface area contributed by atoms with E-state index < -0.39 is 0 Å². The van der Waals surface area contributed by atoms with Gasteiger partial charge in [0.2, 0.25) is 0 Å². The van der Waals surface area contributed by atoms with Gasteiger partial charge < -0.3 is 9.80 Å². The van der Waals surface area contributed by atoms with Crippen LogP contribution >= 0.6 is 27.3 Å². The SMILES string of the molecule is CCC1CN(C)CCCN1C(=O)c1cc(C)c(Br)s1. The fraction of sp³-hybridized carbons (Fsp3) is 0.643. The summed E-state index contributed by atoms with van der Waals surface area (Å²) in [6.45, 7) is 7.13. The second-order valence-electron chi connectivity index (χ2n) is 5.24. The molecule has 1 atom stereocenters. The van der Waals surface area contributed by atoms with E-state index in [2.05, 4.69) is 39.7 Å². The topological polar surface area (TPSA) is 23.6 Å². The van der Waals surface area contributed by atoms with Gasteiger partial charge in [-0.1, -0.05) is 6.92 Å². The minimum atomic E-state index is 0.195. The summed E-state index contributed by atoms with van der Waals surface area (Å²) in [5.41, 5.74) is 1.15. The number of likely N-dealkylation sites (N-methyl/N-ethyl adjacent to an activating group) is 1. The Labute approximate surface area is 127 Å². The minimum Gasteiger partial charge on any atom is -0.334 e. The molecule has 1 unspecified atom stereocenters. The molecule has 1 fully saturated rings. The molecule has 0 aromatic carbocycles. The van der Waals surface area contributed by atoms with Gasteiger partial charge in [-0.3, -0.25) is 4.79 Å². The van der Waals surface area contributed by atoms with Crippen molar-refractivity contribution in [1.82, 2.24) is 9.80 Å². The van der Waals surface area contributed by atoms with E-state index in [1.807, 2.05) is 13.0 Å². The number of thiophene rings is 1. The molecule has 1 aliphatic heterocycles. The van der Waals surface area contributed by atoms with Gasteiger partial charge in [0, 0.05) is 19.1 Å². The number of aryl methyl sites for hydroxylation is 1. The molecule has 19 heavy (non-hydrogen) atoms. The van der Waals surface area contributed by atoms with Crippen molar-refractivity contribution in [2.45, 2.75) is 32.7 Å². The Morgan fingerprint density at radius 3 is 2.84 bits per heavy atom. The summed E-state index contributed by atoms with van der Waals surface area (Å²) in [4.78, 5) is 17.9. The van der Waals surface area contributed by atoms with Crippen molar-refractivity contribution in [2.24, 2.45) is 0 Å². The zero-order valence-corrected chi connectivity index (χ0v) is 14.2. The molecule has 0 N–H and O–H groups in total. The normalized spacial score (nSPS) is 21.5. The molecule has 1 aliphatic rings. The Bertz CT molecular complexity index is 441. The van der Waals surface area contributed by atoms with Gasteiger partial charge in [-0.2, -0.15) is 0 Å². The van der Waals surface area contributed by atoms with Crippen LogP contribution in [0, 0.1) is 6.92 Å². The van der Waals surface area contributed by atoms with Crippen LogP contribution in [0.3, 0.4) is 0 Å². The van der Waals surface area contributed by atoms with E-state index in [1.54, 1.807) is 11.3 Å². The maximum atomic E-state index is 12.7. The van der Waals surface area contributed by atoms with Gasteiger partial charge in [-0.15, -0.1) is 11.3 Å². The smallest absolute Gasteiger partial charge is 0.264 e. The van der Waals surface area contributed by atoms with E-state index in [4.69, 9.17) is 0 Å². The third kappa shape index (κ3) is 3.38. The standard InChI is InChI=1S/C14H21BrN2OS/c1-4-11-9-16(3)6-5-7-17(11)14(18)12-8-10(2)13(15)19-12/h8,11H,4-7,9H2,1-3H3. The Morgan fingerprint density at radius 1 is 1.53 bits per heavy atom. The first-order valence-electron chi connectivity index (χ1n) is 6.78. The molecule has 5 heteroatoms. The number of halogens is 1. The lowest BCUT2D eigenvalue weighted by molar-refractivity contribution is 0.0680. The molecule has 1 saturated heterocycles. The predicted molar refractivity (Wildman–Crippen MR) is 84.0 cm³/mol.